The van der Waals surface area contributed by atoms with Crippen molar-refractivity contribution in [2.45, 2.75) is 6.92 Å². The van der Waals surface area contributed by atoms with E-state index >= 15 is 0 Å². The molecule has 1 radical (unpaired) electrons. The zero-order valence-electron chi connectivity index (χ0n) is 7.09. The van der Waals surface area contributed by atoms with Gasteiger partial charge in [-0.3, -0.25) is 0 Å². The van der Waals surface area contributed by atoms with Crippen molar-refractivity contribution in [2.75, 3.05) is 12.5 Å². The summed E-state index contributed by atoms with van der Waals surface area (Å²) in [5.74, 6) is 1.92. The summed E-state index contributed by atoms with van der Waals surface area (Å²) < 4.78 is 5.45. The molecule has 0 saturated heterocycles. The highest BCUT2D eigenvalue weighted by molar-refractivity contribution is 6.18. The van der Waals surface area contributed by atoms with Gasteiger partial charge in [0.25, 0.3) is 0 Å². The normalized spacial score (nSPS) is 12.5. The van der Waals surface area contributed by atoms with Crippen LogP contribution in [0.3, 0.4) is 0 Å². The number of ether oxygens (including phenoxy) is 1. The van der Waals surface area contributed by atoms with Gasteiger partial charge in [0.15, 0.2) is 0 Å². The Hall–Kier alpha value is -0.690. The summed E-state index contributed by atoms with van der Waals surface area (Å²) in [4.78, 5) is 0. The van der Waals surface area contributed by atoms with Crippen molar-refractivity contribution in [1.82, 2.24) is 0 Å². The first-order valence-electron chi connectivity index (χ1n) is 3.98. The molecule has 1 nitrogen and oxygen atoms in total. The highest BCUT2D eigenvalue weighted by Gasteiger charge is 1.99. The molecule has 0 aliphatic carbocycles. The fourth-order valence-electron chi connectivity index (χ4n) is 0.751. The molecular formula is C10H12ClO. The summed E-state index contributed by atoms with van der Waals surface area (Å²) in [6.07, 6.45) is 0. The summed E-state index contributed by atoms with van der Waals surface area (Å²) in [6.45, 7) is 2.73. The second kappa shape index (κ2) is 5.04. The van der Waals surface area contributed by atoms with Crippen molar-refractivity contribution in [1.29, 1.82) is 0 Å². The molecule has 1 unspecified atom stereocenters. The van der Waals surface area contributed by atoms with Crippen molar-refractivity contribution in [3.8, 4) is 5.75 Å². The van der Waals surface area contributed by atoms with Crippen LogP contribution in [0.2, 0.25) is 0 Å². The van der Waals surface area contributed by atoms with E-state index in [9.17, 15) is 0 Å². The average molecular weight is 184 g/mol. The lowest BCUT2D eigenvalue weighted by Gasteiger charge is -2.09. The molecule has 0 bridgehead atoms. The van der Waals surface area contributed by atoms with E-state index in [0.717, 1.165) is 5.75 Å². The average Bonchev–Trinajstić information content (AvgIpc) is 2.16. The molecule has 1 rings (SSSR count). The summed E-state index contributed by atoms with van der Waals surface area (Å²) in [5.41, 5.74) is 0. The minimum atomic E-state index is 0.399. The molecule has 0 amide bonds. The van der Waals surface area contributed by atoms with E-state index in [1.807, 2.05) is 24.3 Å². The van der Waals surface area contributed by atoms with Gasteiger partial charge < -0.3 is 4.74 Å². The molecular weight excluding hydrogens is 172 g/mol. The number of halogens is 1. The predicted molar refractivity (Wildman–Crippen MR) is 50.7 cm³/mol. The van der Waals surface area contributed by atoms with Crippen molar-refractivity contribution < 1.29 is 4.74 Å². The minimum Gasteiger partial charge on any atom is -0.493 e. The molecule has 0 aliphatic heterocycles. The van der Waals surface area contributed by atoms with E-state index in [-0.39, 0.29) is 0 Å². The van der Waals surface area contributed by atoms with Crippen molar-refractivity contribution in [3.63, 3.8) is 0 Å². The van der Waals surface area contributed by atoms with Crippen LogP contribution in [-0.4, -0.2) is 12.5 Å². The first-order chi connectivity index (χ1) is 5.83. The Balaban J connectivity index is 2.33. The van der Waals surface area contributed by atoms with Crippen LogP contribution in [0.1, 0.15) is 6.92 Å². The van der Waals surface area contributed by atoms with Gasteiger partial charge in [0, 0.05) is 11.8 Å². The minimum absolute atomic E-state index is 0.399. The van der Waals surface area contributed by atoms with Crippen molar-refractivity contribution in [3.05, 3.63) is 30.3 Å². The third-order valence-corrected chi connectivity index (χ3v) is 2.01. The lowest BCUT2D eigenvalue weighted by atomic mass is 10.2. The van der Waals surface area contributed by atoms with E-state index in [4.69, 9.17) is 16.3 Å². The molecule has 1 aromatic rings. The fourth-order valence-corrected chi connectivity index (χ4v) is 0.840. The van der Waals surface area contributed by atoms with Gasteiger partial charge in [0.2, 0.25) is 0 Å². The molecule has 0 spiro atoms. The molecule has 1 atom stereocenters. The third kappa shape index (κ3) is 3.14. The Kier molecular flexibility index (Phi) is 3.95. The van der Waals surface area contributed by atoms with Crippen LogP contribution < -0.4 is 4.74 Å². The maximum Gasteiger partial charge on any atom is 0.119 e. The number of hydrogen-bond acceptors (Lipinski definition) is 1. The van der Waals surface area contributed by atoms with Gasteiger partial charge >= 0.3 is 0 Å². The van der Waals surface area contributed by atoms with E-state index < -0.39 is 0 Å². The molecule has 0 saturated carbocycles. The van der Waals surface area contributed by atoms with Gasteiger partial charge in [-0.25, -0.2) is 0 Å². The maximum absolute atomic E-state index is 5.63. The zero-order valence-corrected chi connectivity index (χ0v) is 7.84. The summed E-state index contributed by atoms with van der Waals surface area (Å²) in [6, 6.07) is 10.4. The second-order valence-corrected chi connectivity index (χ2v) is 3.11. The standard InChI is InChI=1S/C10H12ClO/c1-9(7-11)8-12-10-5-3-2-4-6-10/h3-6,9H,7-8H2,1H3. The number of hydrogen-bond donors (Lipinski definition) is 0. The Bertz CT molecular complexity index is 210. The number of rotatable bonds is 4. The highest BCUT2D eigenvalue weighted by Crippen LogP contribution is 2.09. The first kappa shape index (κ1) is 9.40. The summed E-state index contributed by atoms with van der Waals surface area (Å²) >= 11 is 5.63. The molecule has 0 aliphatic rings. The van der Waals surface area contributed by atoms with E-state index in [2.05, 4.69) is 13.0 Å². The number of benzene rings is 1. The molecule has 2 heteroatoms. The summed E-state index contributed by atoms with van der Waals surface area (Å²) in [5, 5.41) is 0. The largest absolute Gasteiger partial charge is 0.493 e. The predicted octanol–water partition coefficient (Wildman–Crippen LogP) is 2.74. The molecule has 12 heavy (non-hydrogen) atoms. The Morgan fingerprint density at radius 3 is 2.75 bits per heavy atom. The van der Waals surface area contributed by atoms with Crippen LogP contribution in [0.5, 0.6) is 5.75 Å². The van der Waals surface area contributed by atoms with Gasteiger partial charge in [0.1, 0.15) is 5.75 Å². The van der Waals surface area contributed by atoms with E-state index in [1.54, 1.807) is 0 Å². The van der Waals surface area contributed by atoms with Crippen molar-refractivity contribution in [2.24, 2.45) is 5.92 Å². The number of alkyl halides is 1. The highest BCUT2D eigenvalue weighted by atomic mass is 35.5. The van der Waals surface area contributed by atoms with E-state index in [1.165, 1.54) is 0 Å². The topological polar surface area (TPSA) is 9.23 Å². The molecule has 1 aromatic carbocycles. The Labute approximate surface area is 78.3 Å². The van der Waals surface area contributed by atoms with Crippen LogP contribution in [-0.2, 0) is 0 Å². The molecule has 0 heterocycles. The van der Waals surface area contributed by atoms with Crippen LogP contribution in [0, 0.1) is 12.0 Å². The molecule has 0 N–H and O–H groups in total. The van der Waals surface area contributed by atoms with Gasteiger partial charge in [-0.05, 0) is 18.2 Å². The van der Waals surface area contributed by atoms with Crippen LogP contribution in [0.25, 0.3) is 0 Å². The Morgan fingerprint density at radius 2 is 2.17 bits per heavy atom. The first-order valence-corrected chi connectivity index (χ1v) is 4.51. The molecule has 0 aromatic heterocycles. The zero-order chi connectivity index (χ0) is 8.81. The van der Waals surface area contributed by atoms with Crippen LogP contribution >= 0.6 is 11.6 Å². The maximum atomic E-state index is 5.63. The van der Waals surface area contributed by atoms with Crippen LogP contribution in [0.15, 0.2) is 24.3 Å². The smallest absolute Gasteiger partial charge is 0.119 e. The van der Waals surface area contributed by atoms with Crippen molar-refractivity contribution >= 4 is 11.6 Å². The lowest BCUT2D eigenvalue weighted by Crippen LogP contribution is -2.09. The Morgan fingerprint density at radius 1 is 1.50 bits per heavy atom. The quantitative estimate of drug-likeness (QED) is 0.653. The van der Waals surface area contributed by atoms with E-state index in [0.29, 0.717) is 18.4 Å². The fraction of sp³-hybridized carbons (Fsp3) is 0.400. The molecule has 0 fully saturated rings. The monoisotopic (exact) mass is 183 g/mol. The SMILES string of the molecule is CC(CCl)COc1cc[c]cc1. The summed E-state index contributed by atoms with van der Waals surface area (Å²) in [7, 11) is 0. The lowest BCUT2D eigenvalue weighted by molar-refractivity contribution is 0.273. The van der Waals surface area contributed by atoms with Gasteiger partial charge in [0.05, 0.1) is 6.61 Å². The molecule has 65 valence electrons. The van der Waals surface area contributed by atoms with Gasteiger partial charge in [-0.15, -0.1) is 11.6 Å². The third-order valence-electron chi connectivity index (χ3n) is 1.49. The second-order valence-electron chi connectivity index (χ2n) is 2.81. The van der Waals surface area contributed by atoms with Gasteiger partial charge in [-0.2, -0.15) is 0 Å². The van der Waals surface area contributed by atoms with Gasteiger partial charge in [-0.1, -0.05) is 19.1 Å². The van der Waals surface area contributed by atoms with Crippen LogP contribution in [0.4, 0.5) is 0 Å².